The predicted molar refractivity (Wildman–Crippen MR) is 105 cm³/mol. The summed E-state index contributed by atoms with van der Waals surface area (Å²) in [7, 11) is 0. The number of aliphatic carboxylic acids is 1. The molecule has 0 bridgehead atoms. The van der Waals surface area contributed by atoms with Gasteiger partial charge in [0.15, 0.2) is 0 Å². The second-order valence-corrected chi connectivity index (χ2v) is 7.66. The third-order valence-corrected chi connectivity index (χ3v) is 4.88. The molecule has 0 aliphatic rings. The van der Waals surface area contributed by atoms with E-state index in [2.05, 4.69) is 27.9 Å². The molecule has 4 nitrogen and oxygen atoms in total. The van der Waals surface area contributed by atoms with Crippen molar-refractivity contribution in [2.45, 2.75) is 27.2 Å². The lowest BCUT2D eigenvalue weighted by atomic mass is 9.86. The Morgan fingerprint density at radius 2 is 1.64 bits per heavy atom. The molecule has 0 heterocycles. The van der Waals surface area contributed by atoms with Gasteiger partial charge >= 0.3 is 0 Å². The van der Waals surface area contributed by atoms with Gasteiger partial charge in [-0.2, -0.15) is 0 Å². The number of halogens is 1. The molecule has 2 aromatic carbocycles. The molecular weight excluding hydrogens is 429 g/mol. The van der Waals surface area contributed by atoms with Gasteiger partial charge in [-0.05, 0) is 72.7 Å². The van der Waals surface area contributed by atoms with Crippen LogP contribution in [0.4, 0.5) is 5.69 Å². The van der Waals surface area contributed by atoms with E-state index in [0.29, 0.717) is 12.1 Å². The van der Waals surface area contributed by atoms with Crippen LogP contribution in [-0.4, -0.2) is 11.9 Å². The Balaban J connectivity index is 2.23. The Kier molecular flexibility index (Phi) is 6.58. The van der Waals surface area contributed by atoms with E-state index >= 15 is 0 Å². The SMILES string of the molecule is Cc1cc(C)cc(C[C@@H](C(=O)Nc2ccc(I)cc2)[C@@H](C)C(=O)[O-])c1. The van der Waals surface area contributed by atoms with Crippen molar-refractivity contribution in [1.82, 2.24) is 0 Å². The number of carbonyl (C=O) groups excluding carboxylic acids is 2. The van der Waals surface area contributed by atoms with E-state index in [1.54, 1.807) is 12.1 Å². The van der Waals surface area contributed by atoms with Gasteiger partial charge in [0.2, 0.25) is 5.91 Å². The molecule has 0 saturated carbocycles. The summed E-state index contributed by atoms with van der Waals surface area (Å²) in [5.41, 5.74) is 3.79. The van der Waals surface area contributed by atoms with Crippen LogP contribution >= 0.6 is 22.6 Å². The van der Waals surface area contributed by atoms with Gasteiger partial charge in [0, 0.05) is 21.1 Å². The molecule has 1 N–H and O–H groups in total. The summed E-state index contributed by atoms with van der Waals surface area (Å²) in [5, 5.41) is 14.2. The van der Waals surface area contributed by atoms with E-state index in [9.17, 15) is 14.7 Å². The van der Waals surface area contributed by atoms with E-state index in [0.717, 1.165) is 20.3 Å². The summed E-state index contributed by atoms with van der Waals surface area (Å²) in [6.07, 6.45) is 0.355. The summed E-state index contributed by atoms with van der Waals surface area (Å²) in [6.45, 7) is 5.49. The van der Waals surface area contributed by atoms with Crippen molar-refractivity contribution in [3.05, 3.63) is 62.7 Å². The van der Waals surface area contributed by atoms with E-state index in [1.165, 1.54) is 6.92 Å². The molecule has 0 aliphatic heterocycles. The quantitative estimate of drug-likeness (QED) is 0.688. The van der Waals surface area contributed by atoms with Gasteiger partial charge in [0.05, 0.1) is 5.92 Å². The molecule has 0 aliphatic carbocycles. The summed E-state index contributed by atoms with van der Waals surface area (Å²) >= 11 is 2.19. The molecule has 2 aromatic rings. The second kappa shape index (κ2) is 8.47. The molecule has 132 valence electrons. The van der Waals surface area contributed by atoms with Crippen molar-refractivity contribution in [1.29, 1.82) is 0 Å². The van der Waals surface area contributed by atoms with E-state index in [-0.39, 0.29) is 5.91 Å². The fourth-order valence-electron chi connectivity index (χ4n) is 2.87. The standard InChI is InChI=1S/C20H22INO3/c1-12-8-13(2)10-15(9-12)11-18(14(3)20(24)25)19(23)22-17-6-4-16(21)5-7-17/h4-10,14,18H,11H2,1-3H3,(H,22,23)(H,24,25)/p-1/t14-,18-/m1/s1. The first kappa shape index (κ1) is 19.4. The number of benzene rings is 2. The molecule has 5 heteroatoms. The van der Waals surface area contributed by atoms with Crippen LogP contribution in [0, 0.1) is 29.3 Å². The summed E-state index contributed by atoms with van der Waals surface area (Å²) in [6, 6.07) is 13.4. The number of hydrogen-bond donors (Lipinski definition) is 1. The Morgan fingerprint density at radius 3 is 2.16 bits per heavy atom. The number of nitrogens with one attached hydrogen (secondary N) is 1. The molecule has 0 unspecified atom stereocenters. The minimum Gasteiger partial charge on any atom is -0.550 e. The van der Waals surface area contributed by atoms with E-state index < -0.39 is 17.8 Å². The number of carbonyl (C=O) groups is 2. The van der Waals surface area contributed by atoms with Crippen LogP contribution in [0.5, 0.6) is 0 Å². The zero-order valence-corrected chi connectivity index (χ0v) is 16.7. The van der Waals surface area contributed by atoms with Gasteiger partial charge < -0.3 is 15.2 Å². The van der Waals surface area contributed by atoms with E-state index in [1.807, 2.05) is 44.2 Å². The Bertz CT molecular complexity index is 751. The van der Waals surface area contributed by atoms with Crippen LogP contribution in [0.25, 0.3) is 0 Å². The average molecular weight is 450 g/mol. The number of aryl methyl sites for hydroxylation is 2. The largest absolute Gasteiger partial charge is 0.550 e. The van der Waals surface area contributed by atoms with Crippen LogP contribution in [-0.2, 0) is 16.0 Å². The first-order chi connectivity index (χ1) is 11.8. The second-order valence-electron chi connectivity index (χ2n) is 6.41. The molecule has 0 aromatic heterocycles. The summed E-state index contributed by atoms with van der Waals surface area (Å²) in [5.74, 6) is -3.11. The lowest BCUT2D eigenvalue weighted by Gasteiger charge is -2.24. The van der Waals surface area contributed by atoms with Gasteiger partial charge in [-0.3, -0.25) is 4.79 Å². The van der Waals surface area contributed by atoms with Gasteiger partial charge in [0.25, 0.3) is 0 Å². The Labute approximate surface area is 161 Å². The summed E-state index contributed by atoms with van der Waals surface area (Å²) < 4.78 is 1.06. The molecule has 0 saturated heterocycles. The van der Waals surface area contributed by atoms with Crippen molar-refractivity contribution in [2.24, 2.45) is 11.8 Å². The normalized spacial score (nSPS) is 13.1. The van der Waals surface area contributed by atoms with Crippen molar-refractivity contribution in [2.75, 3.05) is 5.32 Å². The number of amides is 1. The molecule has 0 radical (unpaired) electrons. The van der Waals surface area contributed by atoms with E-state index in [4.69, 9.17) is 0 Å². The molecule has 0 spiro atoms. The molecule has 0 fully saturated rings. The van der Waals surface area contributed by atoms with Crippen LogP contribution in [0.3, 0.4) is 0 Å². The minimum atomic E-state index is -1.22. The third kappa shape index (κ3) is 5.56. The molecule has 2 atom stereocenters. The van der Waals surface area contributed by atoms with Crippen LogP contribution in [0.1, 0.15) is 23.6 Å². The predicted octanol–water partition coefficient (Wildman–Crippen LogP) is 3.09. The monoisotopic (exact) mass is 450 g/mol. The first-order valence-corrected chi connectivity index (χ1v) is 9.18. The summed E-state index contributed by atoms with van der Waals surface area (Å²) in [4.78, 5) is 24.1. The lowest BCUT2D eigenvalue weighted by Crippen LogP contribution is -2.40. The zero-order valence-electron chi connectivity index (χ0n) is 14.5. The first-order valence-electron chi connectivity index (χ1n) is 8.10. The molecule has 1 amide bonds. The fraction of sp³-hybridized carbons (Fsp3) is 0.300. The highest BCUT2D eigenvalue weighted by Crippen LogP contribution is 2.22. The van der Waals surface area contributed by atoms with Crippen LogP contribution in [0.2, 0.25) is 0 Å². The van der Waals surface area contributed by atoms with Gasteiger partial charge in [-0.15, -0.1) is 0 Å². The third-order valence-electron chi connectivity index (χ3n) is 4.16. The van der Waals surface area contributed by atoms with Gasteiger partial charge in [0.1, 0.15) is 0 Å². The van der Waals surface area contributed by atoms with Gasteiger partial charge in [-0.1, -0.05) is 36.2 Å². The van der Waals surface area contributed by atoms with Crippen molar-refractivity contribution in [3.63, 3.8) is 0 Å². The highest BCUT2D eigenvalue weighted by Gasteiger charge is 2.26. The maximum Gasteiger partial charge on any atom is 0.228 e. The molecule has 25 heavy (non-hydrogen) atoms. The van der Waals surface area contributed by atoms with Crippen molar-refractivity contribution >= 4 is 40.2 Å². The lowest BCUT2D eigenvalue weighted by molar-refractivity contribution is -0.312. The Morgan fingerprint density at radius 1 is 1.08 bits per heavy atom. The fourth-order valence-corrected chi connectivity index (χ4v) is 3.23. The number of hydrogen-bond acceptors (Lipinski definition) is 3. The Hall–Kier alpha value is -1.89. The highest BCUT2D eigenvalue weighted by atomic mass is 127. The minimum absolute atomic E-state index is 0.308. The topological polar surface area (TPSA) is 69.2 Å². The maximum atomic E-state index is 12.7. The van der Waals surface area contributed by atoms with Crippen LogP contribution in [0.15, 0.2) is 42.5 Å². The smallest absolute Gasteiger partial charge is 0.228 e. The van der Waals surface area contributed by atoms with Crippen molar-refractivity contribution in [3.8, 4) is 0 Å². The number of carboxylic acids is 1. The number of rotatable bonds is 6. The number of carboxylic acid groups (broad SMARTS) is 1. The van der Waals surface area contributed by atoms with Gasteiger partial charge in [-0.25, -0.2) is 0 Å². The van der Waals surface area contributed by atoms with Crippen LogP contribution < -0.4 is 10.4 Å². The highest BCUT2D eigenvalue weighted by molar-refractivity contribution is 14.1. The zero-order chi connectivity index (χ0) is 18.6. The molecule has 2 rings (SSSR count). The van der Waals surface area contributed by atoms with Crippen molar-refractivity contribution < 1.29 is 14.7 Å². The molecular formula is C20H21INO3-. The maximum absolute atomic E-state index is 12.7. The number of anilines is 1. The average Bonchev–Trinajstić information content (AvgIpc) is 2.53.